The van der Waals surface area contributed by atoms with Crippen molar-refractivity contribution >= 4 is 11.9 Å². The van der Waals surface area contributed by atoms with Crippen molar-refractivity contribution in [1.29, 1.82) is 0 Å². The van der Waals surface area contributed by atoms with E-state index in [1.54, 1.807) is 0 Å². The molecular weight excluding hydrogens is 325 g/mol. The summed E-state index contributed by atoms with van der Waals surface area (Å²) in [4.78, 5) is 21.5. The Balaban J connectivity index is 0. The number of hydrogen-bond acceptors (Lipinski definition) is 3. The number of hydrogen-bond donors (Lipinski definition) is 1. The first-order chi connectivity index (χ1) is 11.7. The number of unbranched alkanes of at least 4 members (excludes halogenated alkanes) is 11. The molecule has 1 N–H and O–H groups in total. The fraction of sp³-hybridized carbons (Fsp3) is 0.800. The topological polar surface area (TPSA) is 69.2 Å². The van der Waals surface area contributed by atoms with Gasteiger partial charge in [-0.1, -0.05) is 70.4 Å². The van der Waals surface area contributed by atoms with Crippen molar-refractivity contribution in [2.45, 2.75) is 96.8 Å². The molecule has 0 fully saturated rings. The zero-order valence-corrected chi connectivity index (χ0v) is 18.5. The molecule has 0 unspecified atom stereocenters. The van der Waals surface area contributed by atoms with Crippen molar-refractivity contribution in [3.8, 4) is 0 Å². The van der Waals surface area contributed by atoms with Gasteiger partial charge in [0.25, 0.3) is 0 Å². The van der Waals surface area contributed by atoms with Crippen LogP contribution < -0.4 is 40.0 Å². The molecule has 0 aliphatic rings. The molecule has 140 valence electrons. The van der Waals surface area contributed by atoms with E-state index in [2.05, 4.69) is 24.4 Å². The molecular formula is C20H36NNaO3. The van der Waals surface area contributed by atoms with Crippen molar-refractivity contribution in [1.82, 2.24) is 5.32 Å². The number of rotatable bonds is 17. The number of nitrogens with one attached hydrogen (secondary N) is 1. The van der Waals surface area contributed by atoms with Crippen LogP contribution in [0.1, 0.15) is 96.8 Å². The number of amides is 1. The summed E-state index contributed by atoms with van der Waals surface area (Å²) < 4.78 is 0. The van der Waals surface area contributed by atoms with Gasteiger partial charge in [-0.2, -0.15) is 0 Å². The molecule has 0 bridgehead atoms. The first-order valence-corrected chi connectivity index (χ1v) is 9.78. The Kier molecular flexibility index (Phi) is 23.4. The summed E-state index contributed by atoms with van der Waals surface area (Å²) in [5, 5.41) is 12.5. The monoisotopic (exact) mass is 361 g/mol. The second-order valence-electron chi connectivity index (χ2n) is 6.48. The molecule has 0 aromatic rings. The summed E-state index contributed by atoms with van der Waals surface area (Å²) in [6, 6.07) is 0. The van der Waals surface area contributed by atoms with Crippen molar-refractivity contribution in [3.63, 3.8) is 0 Å². The molecule has 25 heavy (non-hydrogen) atoms. The van der Waals surface area contributed by atoms with Crippen LogP contribution in [0.25, 0.3) is 0 Å². The third kappa shape index (κ3) is 23.7. The Bertz CT molecular complexity index is 346. The van der Waals surface area contributed by atoms with E-state index in [9.17, 15) is 14.7 Å². The maximum Gasteiger partial charge on any atom is 1.00 e. The molecule has 0 saturated carbocycles. The van der Waals surface area contributed by atoms with E-state index in [4.69, 9.17) is 0 Å². The quantitative estimate of drug-likeness (QED) is 0.238. The van der Waals surface area contributed by atoms with Crippen LogP contribution in [-0.2, 0) is 9.59 Å². The summed E-state index contributed by atoms with van der Waals surface area (Å²) >= 11 is 0. The van der Waals surface area contributed by atoms with Gasteiger partial charge in [-0.05, 0) is 32.1 Å². The van der Waals surface area contributed by atoms with Gasteiger partial charge in [0, 0.05) is 6.42 Å². The maximum absolute atomic E-state index is 11.3. The second-order valence-corrected chi connectivity index (χ2v) is 6.48. The molecule has 4 nitrogen and oxygen atoms in total. The predicted molar refractivity (Wildman–Crippen MR) is 97.5 cm³/mol. The Labute approximate surface area is 176 Å². The van der Waals surface area contributed by atoms with E-state index < -0.39 is 5.97 Å². The fourth-order valence-corrected chi connectivity index (χ4v) is 2.62. The third-order valence-corrected chi connectivity index (χ3v) is 4.10. The first kappa shape index (κ1) is 26.9. The number of carboxylic acids is 1. The van der Waals surface area contributed by atoms with Crippen molar-refractivity contribution in [2.24, 2.45) is 0 Å². The van der Waals surface area contributed by atoms with Gasteiger partial charge in [0.05, 0.1) is 12.5 Å². The van der Waals surface area contributed by atoms with Crippen LogP contribution in [0.4, 0.5) is 0 Å². The molecule has 0 spiro atoms. The number of carbonyl (C=O) groups is 2. The van der Waals surface area contributed by atoms with Gasteiger partial charge in [-0.15, -0.1) is 0 Å². The number of carboxylic acid groups (broad SMARTS) is 1. The van der Waals surface area contributed by atoms with Crippen molar-refractivity contribution in [3.05, 3.63) is 12.2 Å². The molecule has 0 heterocycles. The van der Waals surface area contributed by atoms with Gasteiger partial charge in [-0.25, -0.2) is 0 Å². The SMILES string of the molecule is CCCCCCCCC=CCCCCCCCC(=O)NCC(=O)[O-].[Na+]. The van der Waals surface area contributed by atoms with Gasteiger partial charge in [0.15, 0.2) is 0 Å². The molecule has 0 radical (unpaired) electrons. The number of allylic oxidation sites excluding steroid dienone is 2. The Hall–Kier alpha value is -0.320. The summed E-state index contributed by atoms with van der Waals surface area (Å²) in [7, 11) is 0. The summed E-state index contributed by atoms with van der Waals surface area (Å²) in [5.74, 6) is -1.44. The molecule has 0 aromatic carbocycles. The summed E-state index contributed by atoms with van der Waals surface area (Å²) in [6.45, 7) is 1.86. The first-order valence-electron chi connectivity index (χ1n) is 9.78. The smallest absolute Gasteiger partial charge is 0.548 e. The average Bonchev–Trinajstić information content (AvgIpc) is 2.56. The molecule has 0 saturated heterocycles. The maximum atomic E-state index is 11.3. The van der Waals surface area contributed by atoms with Crippen molar-refractivity contribution < 1.29 is 44.3 Å². The van der Waals surface area contributed by atoms with E-state index in [1.165, 1.54) is 57.8 Å². The Morgan fingerprint density at radius 3 is 1.80 bits per heavy atom. The predicted octanol–water partition coefficient (Wildman–Crippen LogP) is 0.894. The van der Waals surface area contributed by atoms with Gasteiger partial charge in [-0.3, -0.25) is 4.79 Å². The average molecular weight is 362 g/mol. The summed E-state index contributed by atoms with van der Waals surface area (Å²) in [5.41, 5.74) is 0. The minimum atomic E-state index is -1.24. The van der Waals surface area contributed by atoms with E-state index in [1.807, 2.05) is 0 Å². The van der Waals surface area contributed by atoms with Crippen LogP contribution in [-0.4, -0.2) is 18.4 Å². The van der Waals surface area contributed by atoms with E-state index in [0.717, 1.165) is 25.7 Å². The van der Waals surface area contributed by atoms with Gasteiger partial charge >= 0.3 is 29.6 Å². The zero-order valence-electron chi connectivity index (χ0n) is 16.5. The van der Waals surface area contributed by atoms with Crippen LogP contribution in [0.5, 0.6) is 0 Å². The molecule has 5 heteroatoms. The Morgan fingerprint density at radius 1 is 0.800 bits per heavy atom. The zero-order chi connectivity index (χ0) is 17.9. The van der Waals surface area contributed by atoms with Crippen LogP contribution in [0, 0.1) is 0 Å². The molecule has 0 rings (SSSR count). The van der Waals surface area contributed by atoms with Crippen LogP contribution >= 0.6 is 0 Å². The largest absolute Gasteiger partial charge is 1.00 e. The van der Waals surface area contributed by atoms with Crippen LogP contribution in [0.2, 0.25) is 0 Å². The minimum absolute atomic E-state index is 0. The van der Waals surface area contributed by atoms with Gasteiger partial charge in [0.2, 0.25) is 5.91 Å². The molecule has 0 aliphatic heterocycles. The van der Waals surface area contributed by atoms with Gasteiger partial charge in [0.1, 0.15) is 0 Å². The fourth-order valence-electron chi connectivity index (χ4n) is 2.62. The Morgan fingerprint density at radius 2 is 1.28 bits per heavy atom. The normalized spacial score (nSPS) is 10.6. The number of aliphatic carboxylic acids is 1. The molecule has 0 atom stereocenters. The standard InChI is InChI=1S/C20H37NO3.Na/c1-2-3-4-5-6-7-8-9-10-11-12-13-14-15-16-17-19(22)21-18-20(23)24;/h9-10H,2-8,11-18H2,1H3,(H,21,22)(H,23,24);/q;+1/p-1. The van der Waals surface area contributed by atoms with Crippen LogP contribution in [0.3, 0.4) is 0 Å². The third-order valence-electron chi connectivity index (χ3n) is 4.10. The number of carbonyl (C=O) groups excluding carboxylic acids is 2. The summed E-state index contributed by atoms with van der Waals surface area (Å²) in [6.07, 6.45) is 20.9. The molecule has 1 amide bonds. The van der Waals surface area contributed by atoms with Crippen molar-refractivity contribution in [2.75, 3.05) is 6.54 Å². The van der Waals surface area contributed by atoms with Crippen LogP contribution in [0.15, 0.2) is 12.2 Å². The van der Waals surface area contributed by atoms with E-state index >= 15 is 0 Å². The van der Waals surface area contributed by atoms with E-state index in [0.29, 0.717) is 6.42 Å². The minimum Gasteiger partial charge on any atom is -0.548 e. The molecule has 0 aliphatic carbocycles. The second kappa shape index (κ2) is 21.7. The van der Waals surface area contributed by atoms with Gasteiger partial charge < -0.3 is 15.2 Å². The molecule has 0 aromatic heterocycles. The van der Waals surface area contributed by atoms with E-state index in [-0.39, 0.29) is 42.0 Å².